The van der Waals surface area contributed by atoms with E-state index in [2.05, 4.69) is 49.7 Å². The summed E-state index contributed by atoms with van der Waals surface area (Å²) in [6.07, 6.45) is 2.34. The van der Waals surface area contributed by atoms with Crippen LogP contribution in [0, 0.1) is 0 Å². The van der Waals surface area contributed by atoms with Gasteiger partial charge in [0.05, 0.1) is 36.8 Å². The van der Waals surface area contributed by atoms with Crippen molar-refractivity contribution in [2.45, 2.75) is 19.1 Å². The van der Waals surface area contributed by atoms with E-state index in [0.29, 0.717) is 13.1 Å². The van der Waals surface area contributed by atoms with Crippen LogP contribution in [0.5, 0.6) is 0 Å². The SMILES string of the molecule is COO/N=C/Cn1c2c(c3ccccc31)CCN1C(=O)c3ccccc3N(C)[C@H]21. The number of amides is 1. The second-order valence-electron chi connectivity index (χ2n) is 7.27. The maximum absolute atomic E-state index is 13.3. The molecule has 2 aliphatic rings. The van der Waals surface area contributed by atoms with E-state index >= 15 is 0 Å². The number of aromatic nitrogens is 1. The predicted molar refractivity (Wildman–Crippen MR) is 111 cm³/mol. The number of fused-ring (bicyclic) bond motifs is 6. The molecule has 2 aromatic carbocycles. The van der Waals surface area contributed by atoms with Crippen molar-refractivity contribution in [1.29, 1.82) is 0 Å². The minimum atomic E-state index is -0.162. The van der Waals surface area contributed by atoms with E-state index in [9.17, 15) is 4.79 Å². The summed E-state index contributed by atoms with van der Waals surface area (Å²) in [5.41, 5.74) is 5.27. The van der Waals surface area contributed by atoms with Gasteiger partial charge in [0.1, 0.15) is 6.17 Å². The predicted octanol–water partition coefficient (Wildman–Crippen LogP) is 3.35. The lowest BCUT2D eigenvalue weighted by atomic mass is 9.96. The fourth-order valence-electron chi connectivity index (χ4n) is 4.69. The number of hydrogen-bond donors (Lipinski definition) is 0. The van der Waals surface area contributed by atoms with Gasteiger partial charge in [-0.05, 0) is 30.2 Å². The van der Waals surface area contributed by atoms with E-state index in [1.54, 1.807) is 6.21 Å². The molecule has 3 aromatic rings. The Kier molecular flexibility index (Phi) is 4.24. The molecule has 7 heteroatoms. The van der Waals surface area contributed by atoms with E-state index in [0.717, 1.165) is 28.9 Å². The van der Waals surface area contributed by atoms with Crippen LogP contribution >= 0.6 is 0 Å². The number of para-hydroxylation sites is 2. The molecule has 1 aromatic heterocycles. The summed E-state index contributed by atoms with van der Waals surface area (Å²) in [4.78, 5) is 26.6. The second kappa shape index (κ2) is 6.93. The number of nitrogens with zero attached hydrogens (tertiary/aromatic N) is 4. The minimum absolute atomic E-state index is 0.0857. The van der Waals surface area contributed by atoms with Crippen LogP contribution < -0.4 is 4.90 Å². The molecule has 1 atom stereocenters. The Bertz CT molecular complexity index is 1120. The molecular formula is C22H22N4O3. The lowest BCUT2D eigenvalue weighted by Gasteiger charge is -2.46. The third-order valence-corrected chi connectivity index (χ3v) is 5.86. The molecule has 29 heavy (non-hydrogen) atoms. The Labute approximate surface area is 168 Å². The third kappa shape index (κ3) is 2.61. The molecule has 0 unspecified atom stereocenters. The molecule has 2 aliphatic heterocycles. The average molecular weight is 390 g/mol. The van der Waals surface area contributed by atoms with Gasteiger partial charge >= 0.3 is 0 Å². The molecule has 0 N–H and O–H groups in total. The number of carbonyl (C=O) groups is 1. The zero-order chi connectivity index (χ0) is 20.0. The summed E-state index contributed by atoms with van der Waals surface area (Å²) < 4.78 is 2.22. The van der Waals surface area contributed by atoms with Crippen LogP contribution in [0.15, 0.2) is 53.7 Å². The van der Waals surface area contributed by atoms with Crippen LogP contribution in [0.25, 0.3) is 10.9 Å². The largest absolute Gasteiger partial charge is 0.349 e. The van der Waals surface area contributed by atoms with Gasteiger partial charge in [0.25, 0.3) is 5.91 Å². The van der Waals surface area contributed by atoms with Crippen molar-refractivity contribution >= 4 is 28.7 Å². The number of anilines is 1. The van der Waals surface area contributed by atoms with Gasteiger partial charge in [0, 0.05) is 24.5 Å². The van der Waals surface area contributed by atoms with Gasteiger partial charge in [-0.25, -0.2) is 4.99 Å². The summed E-state index contributed by atoms with van der Waals surface area (Å²) in [7, 11) is 3.48. The molecule has 0 bridgehead atoms. The van der Waals surface area contributed by atoms with Crippen molar-refractivity contribution in [1.82, 2.24) is 9.47 Å². The quantitative estimate of drug-likeness (QED) is 0.389. The number of rotatable bonds is 4. The maximum atomic E-state index is 13.3. The van der Waals surface area contributed by atoms with E-state index in [4.69, 9.17) is 0 Å². The van der Waals surface area contributed by atoms with E-state index in [-0.39, 0.29) is 12.1 Å². The minimum Gasteiger partial charge on any atom is -0.349 e. The van der Waals surface area contributed by atoms with Gasteiger partial charge in [-0.1, -0.05) is 35.5 Å². The fourth-order valence-corrected chi connectivity index (χ4v) is 4.69. The number of carbonyl (C=O) groups excluding carboxylic acids is 1. The number of benzene rings is 2. The molecule has 148 valence electrons. The van der Waals surface area contributed by atoms with Gasteiger partial charge in [-0.3, -0.25) is 4.79 Å². The van der Waals surface area contributed by atoms with E-state index in [1.165, 1.54) is 18.1 Å². The molecule has 7 nitrogen and oxygen atoms in total. The molecule has 3 heterocycles. The Morgan fingerprint density at radius 1 is 1.17 bits per heavy atom. The van der Waals surface area contributed by atoms with Crippen LogP contribution in [0.1, 0.15) is 27.8 Å². The van der Waals surface area contributed by atoms with E-state index in [1.807, 2.05) is 35.2 Å². The Hall–Kier alpha value is -3.32. The van der Waals surface area contributed by atoms with Crippen LogP contribution in [0.3, 0.4) is 0 Å². The lowest BCUT2D eigenvalue weighted by molar-refractivity contribution is -0.273. The average Bonchev–Trinajstić information content (AvgIpc) is 3.08. The van der Waals surface area contributed by atoms with Gasteiger partial charge < -0.3 is 14.4 Å². The first-order valence-corrected chi connectivity index (χ1v) is 9.67. The van der Waals surface area contributed by atoms with Crippen molar-refractivity contribution in [3.63, 3.8) is 0 Å². The van der Waals surface area contributed by atoms with Crippen LogP contribution in [0.2, 0.25) is 0 Å². The highest BCUT2D eigenvalue weighted by Gasteiger charge is 2.42. The van der Waals surface area contributed by atoms with Crippen LogP contribution in [-0.4, -0.2) is 42.3 Å². The van der Waals surface area contributed by atoms with Gasteiger partial charge in [0.2, 0.25) is 0 Å². The highest BCUT2D eigenvalue weighted by Crippen LogP contribution is 2.44. The standard InChI is InChI=1S/C22H22N4O3/c1-24-18-9-5-4-8-17(18)22(27)26-13-11-16-15-7-3-6-10-19(15)25(20(16)21(24)26)14-12-23-29-28-2/h3-10,12,21H,11,13-14H2,1-2H3/b23-12+/t21-/m0/s1. The van der Waals surface area contributed by atoms with E-state index < -0.39 is 0 Å². The zero-order valence-electron chi connectivity index (χ0n) is 16.4. The molecule has 0 radical (unpaired) electrons. The highest BCUT2D eigenvalue weighted by atomic mass is 17.3. The maximum Gasteiger partial charge on any atom is 0.257 e. The zero-order valence-corrected chi connectivity index (χ0v) is 16.4. The van der Waals surface area contributed by atoms with Crippen molar-refractivity contribution < 1.29 is 14.7 Å². The summed E-state index contributed by atoms with van der Waals surface area (Å²) in [5.74, 6) is 0.0857. The van der Waals surface area contributed by atoms with Gasteiger partial charge in [-0.2, -0.15) is 4.89 Å². The lowest BCUT2D eigenvalue weighted by Crippen LogP contribution is -2.51. The summed E-state index contributed by atoms with van der Waals surface area (Å²) in [5, 5.41) is 5.06. The molecule has 0 fully saturated rings. The number of hydrogen-bond acceptors (Lipinski definition) is 5. The molecular weight excluding hydrogens is 368 g/mol. The Morgan fingerprint density at radius 2 is 1.97 bits per heavy atom. The van der Waals surface area contributed by atoms with Crippen molar-refractivity contribution in [2.75, 3.05) is 25.6 Å². The van der Waals surface area contributed by atoms with Gasteiger partial charge in [0.15, 0.2) is 0 Å². The van der Waals surface area contributed by atoms with Crippen molar-refractivity contribution in [2.24, 2.45) is 5.16 Å². The van der Waals surface area contributed by atoms with Gasteiger partial charge in [-0.15, -0.1) is 0 Å². The summed E-state index contributed by atoms with van der Waals surface area (Å²) in [6.45, 7) is 1.22. The highest BCUT2D eigenvalue weighted by molar-refractivity contribution is 6.02. The molecule has 0 aliphatic carbocycles. The van der Waals surface area contributed by atoms with Crippen molar-refractivity contribution in [3.8, 4) is 0 Å². The molecule has 5 rings (SSSR count). The van der Waals surface area contributed by atoms with Crippen LogP contribution in [0.4, 0.5) is 5.69 Å². The molecule has 1 amide bonds. The first-order chi connectivity index (χ1) is 14.2. The summed E-state index contributed by atoms with van der Waals surface area (Å²) in [6, 6.07) is 16.2. The van der Waals surface area contributed by atoms with Crippen molar-refractivity contribution in [3.05, 3.63) is 65.4 Å². The Morgan fingerprint density at radius 3 is 2.83 bits per heavy atom. The summed E-state index contributed by atoms with van der Waals surface area (Å²) >= 11 is 0. The monoisotopic (exact) mass is 390 g/mol. The van der Waals surface area contributed by atoms with Crippen LogP contribution in [-0.2, 0) is 22.8 Å². The first kappa shape index (κ1) is 17.8. The Balaban J connectivity index is 1.69. The fraction of sp³-hybridized carbons (Fsp3) is 0.273. The number of oxime groups is 1. The molecule has 0 saturated carbocycles. The second-order valence-corrected chi connectivity index (χ2v) is 7.27. The topological polar surface area (TPSA) is 59.3 Å². The smallest absolute Gasteiger partial charge is 0.257 e. The third-order valence-electron chi connectivity index (χ3n) is 5.86. The normalized spacial score (nSPS) is 18.1. The molecule has 0 spiro atoms. The molecule has 0 saturated heterocycles. The first-order valence-electron chi connectivity index (χ1n) is 9.67.